The van der Waals surface area contributed by atoms with Gasteiger partial charge in [-0.3, -0.25) is 29.8 Å². The fourth-order valence-electron chi connectivity index (χ4n) is 2.45. The van der Waals surface area contributed by atoms with Gasteiger partial charge in [-0.05, 0) is 18.2 Å². The lowest BCUT2D eigenvalue weighted by Gasteiger charge is -2.19. The van der Waals surface area contributed by atoms with Crippen molar-refractivity contribution in [1.82, 2.24) is 0 Å². The first-order chi connectivity index (χ1) is 12.4. The number of nitrogens with zero attached hydrogens (tertiary/aromatic N) is 3. The largest absolute Gasteiger partial charge is 0.348 e. The molecule has 26 heavy (non-hydrogen) atoms. The molecule has 130 valence electrons. The van der Waals surface area contributed by atoms with E-state index in [9.17, 15) is 29.8 Å². The van der Waals surface area contributed by atoms with E-state index < -0.39 is 33.0 Å². The smallest absolute Gasteiger partial charge is 0.299 e. The van der Waals surface area contributed by atoms with E-state index in [2.05, 4.69) is 5.32 Å². The molecule has 1 heterocycles. The van der Waals surface area contributed by atoms with Crippen molar-refractivity contribution >= 4 is 40.3 Å². The zero-order valence-corrected chi connectivity index (χ0v) is 13.0. The second-order valence-electron chi connectivity index (χ2n) is 5.20. The molecule has 2 aromatic rings. The highest BCUT2D eigenvalue weighted by atomic mass is 16.6. The molecule has 2 amide bonds. The van der Waals surface area contributed by atoms with E-state index in [-0.39, 0.29) is 17.1 Å². The summed E-state index contributed by atoms with van der Waals surface area (Å²) in [5.74, 6) is -1.08. The Labute approximate surface area is 145 Å². The van der Waals surface area contributed by atoms with Crippen molar-refractivity contribution in [2.45, 2.75) is 0 Å². The number of para-hydroxylation sites is 2. The molecule has 0 saturated heterocycles. The van der Waals surface area contributed by atoms with Crippen molar-refractivity contribution in [3.8, 4) is 0 Å². The monoisotopic (exact) mass is 354 g/mol. The van der Waals surface area contributed by atoms with Crippen LogP contribution in [-0.2, 0) is 9.59 Å². The summed E-state index contributed by atoms with van der Waals surface area (Å²) in [6, 6.07) is 9.39. The Kier molecular flexibility index (Phi) is 4.15. The first-order valence-corrected chi connectivity index (χ1v) is 7.23. The number of carbonyl (C=O) groups is 2. The summed E-state index contributed by atoms with van der Waals surface area (Å²) in [6.07, 6.45) is 2.24. The number of amides is 2. The molecule has 1 aliphatic heterocycles. The van der Waals surface area contributed by atoms with Gasteiger partial charge in [-0.2, -0.15) is 0 Å². The van der Waals surface area contributed by atoms with Gasteiger partial charge in [0.15, 0.2) is 0 Å². The van der Waals surface area contributed by atoms with E-state index in [0.717, 1.165) is 29.2 Å². The summed E-state index contributed by atoms with van der Waals surface area (Å²) in [5, 5.41) is 24.8. The number of nitro groups is 2. The van der Waals surface area contributed by atoms with E-state index in [0.29, 0.717) is 0 Å². The highest BCUT2D eigenvalue weighted by molar-refractivity contribution is 6.29. The highest BCUT2D eigenvalue weighted by Crippen LogP contribution is 2.35. The SMILES string of the molecule is O=C1C=CC(=O)N1c1ccccc1Nc1ccc([N+](=O)[O-])cc1[N+](=O)[O-]. The Hall–Kier alpha value is -4.08. The molecule has 10 nitrogen and oxygen atoms in total. The number of carbonyl (C=O) groups excluding carboxylic acids is 2. The van der Waals surface area contributed by atoms with E-state index >= 15 is 0 Å². The van der Waals surface area contributed by atoms with Crippen molar-refractivity contribution in [3.63, 3.8) is 0 Å². The number of hydrogen-bond donors (Lipinski definition) is 1. The predicted octanol–water partition coefficient (Wildman–Crippen LogP) is 2.68. The van der Waals surface area contributed by atoms with Gasteiger partial charge in [-0.25, -0.2) is 4.90 Å². The minimum atomic E-state index is -0.758. The average molecular weight is 354 g/mol. The van der Waals surface area contributed by atoms with Crippen LogP contribution < -0.4 is 10.2 Å². The Bertz CT molecular complexity index is 966. The van der Waals surface area contributed by atoms with Gasteiger partial charge in [-0.1, -0.05) is 12.1 Å². The third kappa shape index (κ3) is 2.98. The van der Waals surface area contributed by atoms with E-state index in [1.165, 1.54) is 18.2 Å². The molecule has 1 aliphatic rings. The molecule has 1 N–H and O–H groups in total. The molecule has 0 fully saturated rings. The van der Waals surface area contributed by atoms with Crippen molar-refractivity contribution in [1.29, 1.82) is 0 Å². The normalized spacial score (nSPS) is 13.2. The van der Waals surface area contributed by atoms with Gasteiger partial charge in [-0.15, -0.1) is 0 Å². The minimum absolute atomic E-state index is 0.0138. The third-order valence-corrected chi connectivity index (χ3v) is 3.61. The van der Waals surface area contributed by atoms with Crippen molar-refractivity contribution in [2.75, 3.05) is 10.2 Å². The molecule has 10 heteroatoms. The van der Waals surface area contributed by atoms with E-state index in [1.54, 1.807) is 12.1 Å². The van der Waals surface area contributed by atoms with Gasteiger partial charge in [0.25, 0.3) is 23.2 Å². The molecule has 3 rings (SSSR count). The average Bonchev–Trinajstić information content (AvgIpc) is 2.94. The summed E-state index contributed by atoms with van der Waals surface area (Å²) < 4.78 is 0. The number of anilines is 3. The molecule has 0 aromatic heterocycles. The van der Waals surface area contributed by atoms with Gasteiger partial charge in [0.05, 0.1) is 27.3 Å². The fourth-order valence-corrected chi connectivity index (χ4v) is 2.45. The van der Waals surface area contributed by atoms with Crippen LogP contribution in [0.15, 0.2) is 54.6 Å². The van der Waals surface area contributed by atoms with Gasteiger partial charge in [0, 0.05) is 18.2 Å². The van der Waals surface area contributed by atoms with Crippen LogP contribution in [0.1, 0.15) is 0 Å². The van der Waals surface area contributed by atoms with E-state index in [1.807, 2.05) is 0 Å². The van der Waals surface area contributed by atoms with Crippen LogP contribution in [0.2, 0.25) is 0 Å². The Balaban J connectivity index is 2.03. The lowest BCUT2D eigenvalue weighted by Crippen LogP contribution is -2.30. The number of benzene rings is 2. The Morgan fingerprint density at radius 3 is 2.12 bits per heavy atom. The van der Waals surface area contributed by atoms with Crippen LogP contribution in [-0.4, -0.2) is 21.7 Å². The number of imide groups is 1. The number of hydrogen-bond acceptors (Lipinski definition) is 7. The van der Waals surface area contributed by atoms with Crippen molar-refractivity contribution in [3.05, 3.63) is 74.8 Å². The molecule has 0 aliphatic carbocycles. The standard InChI is InChI=1S/C16H10N4O6/c21-15-7-8-16(22)18(15)13-4-2-1-3-11(13)17-12-6-5-10(19(23)24)9-14(12)20(25)26/h1-9,17H. The minimum Gasteiger partial charge on any atom is -0.348 e. The zero-order valence-electron chi connectivity index (χ0n) is 13.0. The summed E-state index contributed by atoms with van der Waals surface area (Å²) in [5.41, 5.74) is -0.481. The zero-order chi connectivity index (χ0) is 18.8. The maximum Gasteiger partial charge on any atom is 0.299 e. The number of non-ortho nitro benzene ring substituents is 1. The summed E-state index contributed by atoms with van der Waals surface area (Å²) in [7, 11) is 0. The van der Waals surface area contributed by atoms with Crippen LogP contribution >= 0.6 is 0 Å². The van der Waals surface area contributed by atoms with Gasteiger partial charge in [0.1, 0.15) is 5.69 Å². The maximum atomic E-state index is 11.9. The Morgan fingerprint density at radius 2 is 1.50 bits per heavy atom. The quantitative estimate of drug-likeness (QED) is 0.495. The van der Waals surface area contributed by atoms with Crippen molar-refractivity contribution in [2.24, 2.45) is 0 Å². The van der Waals surface area contributed by atoms with Gasteiger partial charge >= 0.3 is 0 Å². The number of rotatable bonds is 5. The van der Waals surface area contributed by atoms with Gasteiger partial charge < -0.3 is 5.32 Å². The molecule has 0 unspecified atom stereocenters. The summed E-state index contributed by atoms with van der Waals surface area (Å²) in [4.78, 5) is 45.3. The second kappa shape index (κ2) is 6.43. The molecule has 0 atom stereocenters. The third-order valence-electron chi connectivity index (χ3n) is 3.61. The van der Waals surface area contributed by atoms with E-state index in [4.69, 9.17) is 0 Å². The molecule has 0 radical (unpaired) electrons. The highest BCUT2D eigenvalue weighted by Gasteiger charge is 2.28. The number of nitro benzene ring substituents is 2. The van der Waals surface area contributed by atoms with Crippen LogP contribution in [0.5, 0.6) is 0 Å². The number of nitrogens with one attached hydrogen (secondary N) is 1. The lowest BCUT2D eigenvalue weighted by molar-refractivity contribution is -0.393. The summed E-state index contributed by atoms with van der Waals surface area (Å²) in [6.45, 7) is 0. The van der Waals surface area contributed by atoms with Crippen LogP contribution in [0.3, 0.4) is 0 Å². The van der Waals surface area contributed by atoms with Crippen molar-refractivity contribution < 1.29 is 19.4 Å². The Morgan fingerprint density at radius 1 is 0.846 bits per heavy atom. The molecule has 2 aromatic carbocycles. The fraction of sp³-hybridized carbons (Fsp3) is 0. The van der Waals surface area contributed by atoms with Crippen LogP contribution in [0.4, 0.5) is 28.4 Å². The lowest BCUT2D eigenvalue weighted by atomic mass is 10.2. The second-order valence-corrected chi connectivity index (χ2v) is 5.20. The first kappa shape index (κ1) is 16.8. The molecule has 0 saturated carbocycles. The molecule has 0 spiro atoms. The molecular weight excluding hydrogens is 344 g/mol. The van der Waals surface area contributed by atoms with Crippen LogP contribution in [0, 0.1) is 20.2 Å². The molecular formula is C16H10N4O6. The van der Waals surface area contributed by atoms with Gasteiger partial charge in [0.2, 0.25) is 0 Å². The summed E-state index contributed by atoms with van der Waals surface area (Å²) >= 11 is 0. The predicted molar refractivity (Wildman–Crippen MR) is 91.1 cm³/mol. The van der Waals surface area contributed by atoms with Crippen LogP contribution in [0.25, 0.3) is 0 Å². The maximum absolute atomic E-state index is 11.9. The topological polar surface area (TPSA) is 136 Å². The molecule has 0 bridgehead atoms. The first-order valence-electron chi connectivity index (χ1n) is 7.23.